The van der Waals surface area contributed by atoms with Gasteiger partial charge in [-0.05, 0) is 42.3 Å². The van der Waals surface area contributed by atoms with Gasteiger partial charge < -0.3 is 9.30 Å². The first-order valence-electron chi connectivity index (χ1n) is 7.44. The largest absolute Gasteiger partial charge is 0.497 e. The van der Waals surface area contributed by atoms with Gasteiger partial charge in [-0.1, -0.05) is 35.1 Å². The highest BCUT2D eigenvalue weighted by atomic mass is 35.5. The van der Waals surface area contributed by atoms with Crippen LogP contribution in [0, 0.1) is 6.92 Å². The molecule has 1 amide bonds. The summed E-state index contributed by atoms with van der Waals surface area (Å²) in [5, 5.41) is 0.713. The van der Waals surface area contributed by atoms with Crippen LogP contribution in [0.25, 0.3) is 10.2 Å². The van der Waals surface area contributed by atoms with Crippen molar-refractivity contribution in [3.8, 4) is 5.75 Å². The summed E-state index contributed by atoms with van der Waals surface area (Å²) in [7, 11) is 3.51. The first kappa shape index (κ1) is 16.7. The third-order valence-electron chi connectivity index (χ3n) is 3.86. The Balaban J connectivity index is 1.96. The van der Waals surface area contributed by atoms with Crippen LogP contribution in [0.1, 0.15) is 11.1 Å². The van der Waals surface area contributed by atoms with E-state index in [9.17, 15) is 4.79 Å². The van der Waals surface area contributed by atoms with Gasteiger partial charge in [0.15, 0.2) is 4.80 Å². The molecule has 3 aromatic rings. The molecule has 0 saturated carbocycles. The summed E-state index contributed by atoms with van der Waals surface area (Å²) in [6.07, 6.45) is 0.241. The van der Waals surface area contributed by atoms with Gasteiger partial charge in [0, 0.05) is 12.1 Å². The number of aryl methyl sites for hydroxylation is 2. The van der Waals surface area contributed by atoms with Gasteiger partial charge in [-0.2, -0.15) is 4.99 Å². The van der Waals surface area contributed by atoms with Crippen LogP contribution in [-0.4, -0.2) is 17.6 Å². The molecule has 4 nitrogen and oxygen atoms in total. The van der Waals surface area contributed by atoms with E-state index in [1.165, 1.54) is 11.3 Å². The van der Waals surface area contributed by atoms with Gasteiger partial charge in [0.1, 0.15) is 5.75 Å². The van der Waals surface area contributed by atoms with Crippen molar-refractivity contribution in [1.29, 1.82) is 0 Å². The summed E-state index contributed by atoms with van der Waals surface area (Å²) in [6, 6.07) is 11.3. The fourth-order valence-electron chi connectivity index (χ4n) is 2.61. The Morgan fingerprint density at radius 2 is 2.12 bits per heavy atom. The van der Waals surface area contributed by atoms with Crippen LogP contribution < -0.4 is 9.54 Å². The minimum atomic E-state index is -0.186. The van der Waals surface area contributed by atoms with Gasteiger partial charge in [-0.15, -0.1) is 0 Å². The monoisotopic (exact) mass is 360 g/mol. The van der Waals surface area contributed by atoms with Gasteiger partial charge >= 0.3 is 0 Å². The fourth-order valence-corrected chi connectivity index (χ4v) is 3.86. The normalized spacial score (nSPS) is 11.9. The van der Waals surface area contributed by atoms with E-state index < -0.39 is 0 Å². The zero-order valence-corrected chi connectivity index (χ0v) is 15.2. The Hall–Kier alpha value is -2.11. The quantitative estimate of drug-likeness (QED) is 0.711. The molecule has 24 heavy (non-hydrogen) atoms. The summed E-state index contributed by atoms with van der Waals surface area (Å²) in [6.45, 7) is 1.97. The molecule has 0 atom stereocenters. The van der Waals surface area contributed by atoms with Crippen molar-refractivity contribution in [1.82, 2.24) is 4.57 Å². The van der Waals surface area contributed by atoms with Crippen LogP contribution in [0.15, 0.2) is 41.4 Å². The molecule has 0 saturated heterocycles. The molecule has 2 aromatic carbocycles. The van der Waals surface area contributed by atoms with E-state index in [-0.39, 0.29) is 12.3 Å². The number of thiazole rings is 1. The van der Waals surface area contributed by atoms with Gasteiger partial charge in [-0.25, -0.2) is 0 Å². The van der Waals surface area contributed by atoms with E-state index in [4.69, 9.17) is 16.3 Å². The van der Waals surface area contributed by atoms with Crippen molar-refractivity contribution >= 4 is 39.1 Å². The lowest BCUT2D eigenvalue weighted by atomic mass is 10.1. The van der Waals surface area contributed by atoms with Crippen molar-refractivity contribution < 1.29 is 9.53 Å². The molecule has 124 valence electrons. The number of fused-ring (bicyclic) bond motifs is 1. The van der Waals surface area contributed by atoms with Gasteiger partial charge in [0.2, 0.25) is 0 Å². The highest BCUT2D eigenvalue weighted by Gasteiger charge is 2.10. The lowest BCUT2D eigenvalue weighted by Gasteiger charge is -2.02. The number of aromatic nitrogens is 1. The number of halogens is 1. The van der Waals surface area contributed by atoms with Gasteiger partial charge in [0.25, 0.3) is 5.91 Å². The number of amides is 1. The summed E-state index contributed by atoms with van der Waals surface area (Å²) in [4.78, 5) is 17.3. The summed E-state index contributed by atoms with van der Waals surface area (Å²) in [5.74, 6) is 0.548. The molecule has 0 aliphatic rings. The van der Waals surface area contributed by atoms with Crippen molar-refractivity contribution in [2.75, 3.05) is 7.11 Å². The van der Waals surface area contributed by atoms with E-state index in [0.29, 0.717) is 9.82 Å². The molecule has 6 heteroatoms. The SMILES string of the molecule is COc1cccc(CC(=O)N=c2sc3ccc(Cl)c(C)c3n2C)c1. The standard InChI is InChI=1S/C18H17ClN2O2S/c1-11-14(19)7-8-15-17(11)21(2)18(24-15)20-16(22)10-12-5-4-6-13(9-12)23-3/h4-9H,10H2,1-3H3. The van der Waals surface area contributed by atoms with E-state index in [1.54, 1.807) is 7.11 Å². The second-order valence-corrected chi connectivity index (χ2v) is 6.91. The zero-order chi connectivity index (χ0) is 17.3. The Bertz CT molecular complexity index is 988. The van der Waals surface area contributed by atoms with Crippen LogP contribution >= 0.6 is 22.9 Å². The Labute approximate surface area is 149 Å². The predicted octanol–water partition coefficient (Wildman–Crippen LogP) is 3.88. The van der Waals surface area contributed by atoms with Crippen molar-refractivity contribution in [3.63, 3.8) is 0 Å². The van der Waals surface area contributed by atoms with Crippen LogP contribution in [0.2, 0.25) is 5.02 Å². The van der Waals surface area contributed by atoms with E-state index in [0.717, 1.165) is 27.1 Å². The maximum atomic E-state index is 12.3. The highest BCUT2D eigenvalue weighted by Crippen LogP contribution is 2.26. The lowest BCUT2D eigenvalue weighted by Crippen LogP contribution is -2.14. The first-order chi connectivity index (χ1) is 11.5. The van der Waals surface area contributed by atoms with Crippen molar-refractivity contribution in [2.45, 2.75) is 13.3 Å². The Morgan fingerprint density at radius 3 is 2.88 bits per heavy atom. The molecule has 0 spiro atoms. The molecule has 0 aliphatic heterocycles. The summed E-state index contributed by atoms with van der Waals surface area (Å²) < 4.78 is 8.17. The average Bonchev–Trinajstić information content (AvgIpc) is 2.87. The number of methoxy groups -OCH3 is 1. The molecule has 0 fully saturated rings. The number of carbonyl (C=O) groups is 1. The molecular weight excluding hydrogens is 344 g/mol. The number of rotatable bonds is 3. The second-order valence-electron chi connectivity index (χ2n) is 5.50. The topological polar surface area (TPSA) is 43.6 Å². The van der Waals surface area contributed by atoms with Crippen molar-refractivity contribution in [2.24, 2.45) is 12.0 Å². The van der Waals surface area contributed by atoms with Crippen LogP contribution in [0.4, 0.5) is 0 Å². The minimum absolute atomic E-state index is 0.186. The smallest absolute Gasteiger partial charge is 0.252 e. The molecule has 1 aromatic heterocycles. The van der Waals surface area contributed by atoms with Crippen LogP contribution in [0.3, 0.4) is 0 Å². The van der Waals surface area contributed by atoms with Gasteiger partial charge in [0.05, 0.1) is 23.7 Å². The maximum absolute atomic E-state index is 12.3. The summed E-state index contributed by atoms with van der Waals surface area (Å²) in [5.41, 5.74) is 2.89. The number of nitrogens with zero attached hydrogens (tertiary/aromatic N) is 2. The first-order valence-corrected chi connectivity index (χ1v) is 8.64. The van der Waals surface area contributed by atoms with E-state index >= 15 is 0 Å². The van der Waals surface area contributed by atoms with Crippen LogP contribution in [0.5, 0.6) is 5.75 Å². The average molecular weight is 361 g/mol. The predicted molar refractivity (Wildman–Crippen MR) is 97.8 cm³/mol. The Morgan fingerprint density at radius 1 is 1.33 bits per heavy atom. The maximum Gasteiger partial charge on any atom is 0.252 e. The molecular formula is C18H17ClN2O2S. The third-order valence-corrected chi connectivity index (χ3v) is 5.37. The minimum Gasteiger partial charge on any atom is -0.497 e. The second kappa shape index (κ2) is 6.79. The van der Waals surface area contributed by atoms with Gasteiger partial charge in [-0.3, -0.25) is 4.79 Å². The molecule has 0 N–H and O–H groups in total. The summed E-state index contributed by atoms with van der Waals surface area (Å²) >= 11 is 7.68. The van der Waals surface area contributed by atoms with Crippen LogP contribution in [-0.2, 0) is 18.3 Å². The molecule has 1 heterocycles. The fraction of sp³-hybridized carbons (Fsp3) is 0.222. The lowest BCUT2D eigenvalue weighted by molar-refractivity contribution is -0.117. The van der Waals surface area contributed by atoms with Crippen molar-refractivity contribution in [3.05, 3.63) is 57.3 Å². The number of hydrogen-bond donors (Lipinski definition) is 0. The number of hydrogen-bond acceptors (Lipinski definition) is 3. The third kappa shape index (κ3) is 3.23. The van der Waals surface area contributed by atoms with E-state index in [1.807, 2.05) is 54.9 Å². The number of ether oxygens (including phenoxy) is 1. The molecule has 0 bridgehead atoms. The highest BCUT2D eigenvalue weighted by molar-refractivity contribution is 7.16. The molecule has 0 unspecified atom stereocenters. The molecule has 0 aliphatic carbocycles. The molecule has 0 radical (unpaired) electrons. The number of carbonyl (C=O) groups excluding carboxylic acids is 1. The zero-order valence-electron chi connectivity index (χ0n) is 13.7. The number of benzene rings is 2. The van der Waals surface area contributed by atoms with E-state index in [2.05, 4.69) is 4.99 Å². The molecule has 3 rings (SSSR count). The Kier molecular flexibility index (Phi) is 4.73.